The second kappa shape index (κ2) is 5.70. The van der Waals surface area contributed by atoms with Gasteiger partial charge in [0.25, 0.3) is 0 Å². The summed E-state index contributed by atoms with van der Waals surface area (Å²) in [6.45, 7) is 0. The molecule has 2 atom stereocenters. The van der Waals surface area contributed by atoms with E-state index in [2.05, 4.69) is 21.2 Å². The normalized spacial score (nSPS) is 20.1. The first-order chi connectivity index (χ1) is 9.47. The SMILES string of the molecule is COc1cc(OC)c(NC(=O)C2CC2C(=O)O)cc1Br. The maximum atomic E-state index is 11.9. The minimum atomic E-state index is -0.937. The van der Waals surface area contributed by atoms with Crippen molar-refractivity contribution in [3.63, 3.8) is 0 Å². The Kier molecular flexibility index (Phi) is 4.17. The molecule has 1 aliphatic rings. The Labute approximate surface area is 124 Å². The predicted molar refractivity (Wildman–Crippen MR) is 75.1 cm³/mol. The molecule has 1 aliphatic carbocycles. The lowest BCUT2D eigenvalue weighted by Gasteiger charge is -2.13. The minimum Gasteiger partial charge on any atom is -0.495 e. The van der Waals surface area contributed by atoms with E-state index in [1.54, 1.807) is 12.1 Å². The van der Waals surface area contributed by atoms with E-state index in [9.17, 15) is 9.59 Å². The quantitative estimate of drug-likeness (QED) is 0.855. The molecule has 0 aromatic heterocycles. The Morgan fingerprint density at radius 3 is 2.40 bits per heavy atom. The highest BCUT2D eigenvalue weighted by Gasteiger charge is 2.48. The topological polar surface area (TPSA) is 84.9 Å². The van der Waals surface area contributed by atoms with Crippen LogP contribution in [-0.2, 0) is 9.59 Å². The van der Waals surface area contributed by atoms with Crippen LogP contribution < -0.4 is 14.8 Å². The molecule has 1 saturated carbocycles. The molecule has 0 heterocycles. The number of anilines is 1. The van der Waals surface area contributed by atoms with Gasteiger partial charge in [0, 0.05) is 6.07 Å². The maximum Gasteiger partial charge on any atom is 0.307 e. The third-order valence-electron chi connectivity index (χ3n) is 3.18. The Bertz CT molecular complexity index is 560. The van der Waals surface area contributed by atoms with Gasteiger partial charge in [-0.05, 0) is 28.4 Å². The van der Waals surface area contributed by atoms with Crippen LogP contribution in [0.15, 0.2) is 16.6 Å². The van der Waals surface area contributed by atoms with Gasteiger partial charge in [0.1, 0.15) is 11.5 Å². The van der Waals surface area contributed by atoms with Crippen LogP contribution in [0.5, 0.6) is 11.5 Å². The molecule has 0 radical (unpaired) electrons. The van der Waals surface area contributed by atoms with E-state index in [4.69, 9.17) is 14.6 Å². The van der Waals surface area contributed by atoms with Crippen molar-refractivity contribution in [2.75, 3.05) is 19.5 Å². The number of carboxylic acids is 1. The Morgan fingerprint density at radius 1 is 1.25 bits per heavy atom. The van der Waals surface area contributed by atoms with Crippen molar-refractivity contribution in [1.82, 2.24) is 0 Å². The van der Waals surface area contributed by atoms with E-state index in [1.807, 2.05) is 0 Å². The van der Waals surface area contributed by atoms with Crippen LogP contribution in [0.2, 0.25) is 0 Å². The molecule has 1 aromatic carbocycles. The van der Waals surface area contributed by atoms with Crippen molar-refractivity contribution >= 4 is 33.5 Å². The molecular weight excluding hydrogens is 330 g/mol. The molecular formula is C13H14BrNO5. The Balaban J connectivity index is 2.15. The number of aliphatic carboxylic acids is 1. The van der Waals surface area contributed by atoms with E-state index >= 15 is 0 Å². The van der Waals surface area contributed by atoms with Crippen molar-refractivity contribution in [3.8, 4) is 11.5 Å². The van der Waals surface area contributed by atoms with Crippen molar-refractivity contribution in [3.05, 3.63) is 16.6 Å². The lowest BCUT2D eigenvalue weighted by atomic mass is 10.2. The van der Waals surface area contributed by atoms with Gasteiger partial charge in [-0.3, -0.25) is 9.59 Å². The largest absolute Gasteiger partial charge is 0.495 e. The molecule has 108 valence electrons. The average molecular weight is 344 g/mol. The zero-order chi connectivity index (χ0) is 14.9. The van der Waals surface area contributed by atoms with Gasteiger partial charge >= 0.3 is 5.97 Å². The molecule has 0 saturated heterocycles. The van der Waals surface area contributed by atoms with E-state index < -0.39 is 17.8 Å². The number of ether oxygens (including phenoxy) is 2. The fourth-order valence-electron chi connectivity index (χ4n) is 1.94. The highest BCUT2D eigenvalue weighted by molar-refractivity contribution is 9.10. The number of carbonyl (C=O) groups is 2. The molecule has 20 heavy (non-hydrogen) atoms. The molecule has 1 aromatic rings. The zero-order valence-corrected chi connectivity index (χ0v) is 12.6. The molecule has 1 amide bonds. The van der Waals surface area contributed by atoms with Crippen molar-refractivity contribution in [2.45, 2.75) is 6.42 Å². The number of amides is 1. The summed E-state index contributed by atoms with van der Waals surface area (Å²) in [6, 6.07) is 3.30. The molecule has 2 unspecified atom stereocenters. The van der Waals surface area contributed by atoms with Crippen LogP contribution in [0, 0.1) is 11.8 Å². The van der Waals surface area contributed by atoms with Crippen molar-refractivity contribution in [2.24, 2.45) is 11.8 Å². The Hall–Kier alpha value is -1.76. The van der Waals surface area contributed by atoms with E-state index in [0.29, 0.717) is 28.1 Å². The van der Waals surface area contributed by atoms with Crippen LogP contribution in [0.1, 0.15) is 6.42 Å². The van der Waals surface area contributed by atoms with Gasteiger partial charge in [0.05, 0.1) is 36.2 Å². The number of methoxy groups -OCH3 is 2. The number of carboxylic acid groups (broad SMARTS) is 1. The van der Waals surface area contributed by atoms with Crippen LogP contribution in [0.25, 0.3) is 0 Å². The first-order valence-corrected chi connectivity index (χ1v) is 6.72. The molecule has 0 bridgehead atoms. The summed E-state index contributed by atoms with van der Waals surface area (Å²) >= 11 is 3.32. The highest BCUT2D eigenvalue weighted by Crippen LogP contribution is 2.41. The first-order valence-electron chi connectivity index (χ1n) is 5.93. The summed E-state index contributed by atoms with van der Waals surface area (Å²) in [6.07, 6.45) is 0.376. The standard InChI is InChI=1S/C13H14BrNO5/c1-19-10-5-11(20-2)9(4-8(10)14)15-12(16)6-3-7(6)13(17)18/h4-7H,3H2,1-2H3,(H,15,16)(H,17,18). The second-order valence-electron chi connectivity index (χ2n) is 4.46. The number of benzene rings is 1. The van der Waals surface area contributed by atoms with Gasteiger partial charge in [0.2, 0.25) is 5.91 Å². The molecule has 6 nitrogen and oxygen atoms in total. The summed E-state index contributed by atoms with van der Waals surface area (Å²) in [5.74, 6) is -1.28. The minimum absolute atomic E-state index is 0.312. The lowest BCUT2D eigenvalue weighted by molar-refractivity contribution is -0.139. The monoisotopic (exact) mass is 343 g/mol. The zero-order valence-electron chi connectivity index (χ0n) is 11.0. The van der Waals surface area contributed by atoms with Crippen LogP contribution in [0.3, 0.4) is 0 Å². The molecule has 0 spiro atoms. The predicted octanol–water partition coefficient (Wildman–Crippen LogP) is 2.13. The van der Waals surface area contributed by atoms with Gasteiger partial charge in [0.15, 0.2) is 0 Å². The molecule has 0 aliphatic heterocycles. The highest BCUT2D eigenvalue weighted by atomic mass is 79.9. The van der Waals surface area contributed by atoms with Gasteiger partial charge in [-0.2, -0.15) is 0 Å². The van der Waals surface area contributed by atoms with E-state index in [-0.39, 0.29) is 5.91 Å². The summed E-state index contributed by atoms with van der Waals surface area (Å²) in [7, 11) is 3.01. The maximum absolute atomic E-state index is 11.9. The van der Waals surface area contributed by atoms with E-state index in [1.165, 1.54) is 14.2 Å². The van der Waals surface area contributed by atoms with Gasteiger partial charge < -0.3 is 19.9 Å². The molecule has 2 rings (SSSR count). The fraction of sp³-hybridized carbons (Fsp3) is 0.385. The number of carbonyl (C=O) groups excluding carboxylic acids is 1. The summed E-state index contributed by atoms with van der Waals surface area (Å²) < 4.78 is 11.0. The summed E-state index contributed by atoms with van der Waals surface area (Å²) in [4.78, 5) is 22.7. The van der Waals surface area contributed by atoms with Gasteiger partial charge in [-0.15, -0.1) is 0 Å². The Morgan fingerprint density at radius 2 is 1.90 bits per heavy atom. The molecule has 2 N–H and O–H groups in total. The molecule has 1 fully saturated rings. The first kappa shape index (κ1) is 14.6. The smallest absolute Gasteiger partial charge is 0.307 e. The van der Waals surface area contributed by atoms with Crippen LogP contribution in [-0.4, -0.2) is 31.2 Å². The average Bonchev–Trinajstić information content (AvgIpc) is 3.19. The van der Waals surface area contributed by atoms with Crippen LogP contribution in [0.4, 0.5) is 5.69 Å². The number of nitrogens with one attached hydrogen (secondary N) is 1. The fourth-order valence-corrected chi connectivity index (χ4v) is 2.45. The number of hydrogen-bond acceptors (Lipinski definition) is 4. The summed E-state index contributed by atoms with van der Waals surface area (Å²) in [5.41, 5.74) is 0.473. The molecule has 7 heteroatoms. The third kappa shape index (κ3) is 2.87. The third-order valence-corrected chi connectivity index (χ3v) is 3.80. The number of halogens is 1. The van der Waals surface area contributed by atoms with Crippen molar-refractivity contribution in [1.29, 1.82) is 0 Å². The number of hydrogen-bond donors (Lipinski definition) is 2. The summed E-state index contributed by atoms with van der Waals surface area (Å²) in [5, 5.41) is 11.5. The van der Waals surface area contributed by atoms with E-state index in [0.717, 1.165) is 0 Å². The van der Waals surface area contributed by atoms with Gasteiger partial charge in [-0.25, -0.2) is 0 Å². The number of rotatable bonds is 5. The second-order valence-corrected chi connectivity index (χ2v) is 5.32. The lowest BCUT2D eigenvalue weighted by Crippen LogP contribution is -2.17. The van der Waals surface area contributed by atoms with Crippen LogP contribution >= 0.6 is 15.9 Å². The van der Waals surface area contributed by atoms with Crippen molar-refractivity contribution < 1.29 is 24.2 Å². The van der Waals surface area contributed by atoms with Gasteiger partial charge in [-0.1, -0.05) is 0 Å².